The van der Waals surface area contributed by atoms with Crippen molar-refractivity contribution in [3.05, 3.63) is 54.4 Å². The molecule has 1 aromatic carbocycles. The third kappa shape index (κ3) is 3.95. The second-order valence-corrected chi connectivity index (χ2v) is 5.34. The summed E-state index contributed by atoms with van der Waals surface area (Å²) in [7, 11) is 0. The third-order valence-corrected chi connectivity index (χ3v) is 3.39. The fourth-order valence-electron chi connectivity index (χ4n) is 2.25. The number of ether oxygens (including phenoxy) is 3. The lowest BCUT2D eigenvalue weighted by atomic mass is 10.1. The molecule has 1 saturated heterocycles. The molecular formula is C17H19NO3. The quantitative estimate of drug-likeness (QED) is 0.844. The maximum atomic E-state index is 5.83. The lowest BCUT2D eigenvalue weighted by molar-refractivity contribution is -0.0394. The average molecular weight is 285 g/mol. The van der Waals surface area contributed by atoms with Gasteiger partial charge in [-0.2, -0.15) is 0 Å². The number of nitrogens with zero attached hydrogens (tertiary/aromatic N) is 1. The Morgan fingerprint density at radius 1 is 1.19 bits per heavy atom. The van der Waals surface area contributed by atoms with Crippen molar-refractivity contribution in [2.45, 2.75) is 26.2 Å². The molecule has 110 valence electrons. The van der Waals surface area contributed by atoms with E-state index in [0.29, 0.717) is 12.5 Å². The number of aromatic nitrogens is 1. The molecule has 0 N–H and O–H groups in total. The zero-order valence-corrected chi connectivity index (χ0v) is 12.1. The van der Waals surface area contributed by atoms with Gasteiger partial charge in [0.1, 0.15) is 18.1 Å². The van der Waals surface area contributed by atoms with Crippen molar-refractivity contribution in [2.75, 3.05) is 6.61 Å². The number of pyridine rings is 1. The van der Waals surface area contributed by atoms with Crippen LogP contribution in [-0.2, 0) is 11.3 Å². The number of hydrogen-bond acceptors (Lipinski definition) is 4. The molecule has 0 spiro atoms. The van der Waals surface area contributed by atoms with Crippen LogP contribution in [0.25, 0.3) is 0 Å². The zero-order valence-electron chi connectivity index (χ0n) is 12.1. The van der Waals surface area contributed by atoms with E-state index in [1.54, 1.807) is 12.4 Å². The summed E-state index contributed by atoms with van der Waals surface area (Å²) in [5.74, 6) is 2.12. The van der Waals surface area contributed by atoms with Gasteiger partial charge in [-0.1, -0.05) is 13.0 Å². The minimum absolute atomic E-state index is 0.143. The van der Waals surface area contributed by atoms with Crippen LogP contribution in [0.5, 0.6) is 11.5 Å². The van der Waals surface area contributed by atoms with Gasteiger partial charge in [0.25, 0.3) is 0 Å². The molecule has 0 amide bonds. The average Bonchev–Trinajstić information content (AvgIpc) is 2.92. The molecule has 1 unspecified atom stereocenters. The van der Waals surface area contributed by atoms with E-state index in [1.165, 1.54) is 0 Å². The lowest BCUT2D eigenvalue weighted by Gasteiger charge is -2.14. The molecule has 2 heterocycles. The highest BCUT2D eigenvalue weighted by Gasteiger charge is 2.23. The normalized spacial score (nSPS) is 21.2. The van der Waals surface area contributed by atoms with Crippen LogP contribution < -0.4 is 9.47 Å². The maximum absolute atomic E-state index is 5.83. The first-order valence-electron chi connectivity index (χ1n) is 7.19. The van der Waals surface area contributed by atoms with E-state index >= 15 is 0 Å². The second kappa shape index (κ2) is 6.59. The summed E-state index contributed by atoms with van der Waals surface area (Å²) in [5.41, 5.74) is 1.09. The number of hydrogen-bond donors (Lipinski definition) is 0. The fourth-order valence-corrected chi connectivity index (χ4v) is 2.25. The summed E-state index contributed by atoms with van der Waals surface area (Å²) in [4.78, 5) is 3.99. The third-order valence-electron chi connectivity index (χ3n) is 3.39. The monoisotopic (exact) mass is 285 g/mol. The van der Waals surface area contributed by atoms with Crippen LogP contribution in [0.15, 0.2) is 48.8 Å². The van der Waals surface area contributed by atoms with Gasteiger partial charge in [0, 0.05) is 24.9 Å². The lowest BCUT2D eigenvalue weighted by Crippen LogP contribution is -2.14. The Hall–Kier alpha value is -2.07. The van der Waals surface area contributed by atoms with Gasteiger partial charge in [-0.3, -0.25) is 4.98 Å². The Morgan fingerprint density at radius 3 is 2.76 bits per heavy atom. The molecule has 0 radical (unpaired) electrons. The summed E-state index contributed by atoms with van der Waals surface area (Å²) in [6.07, 6.45) is 4.31. The van der Waals surface area contributed by atoms with Crippen molar-refractivity contribution in [3.8, 4) is 11.5 Å². The van der Waals surface area contributed by atoms with E-state index in [9.17, 15) is 0 Å². The molecule has 0 bridgehead atoms. The molecule has 1 aliphatic rings. The summed E-state index contributed by atoms with van der Waals surface area (Å²) in [5, 5.41) is 0. The van der Waals surface area contributed by atoms with Crippen molar-refractivity contribution in [3.63, 3.8) is 0 Å². The first-order chi connectivity index (χ1) is 10.3. The van der Waals surface area contributed by atoms with Gasteiger partial charge in [-0.15, -0.1) is 0 Å². The van der Waals surface area contributed by atoms with Crippen LogP contribution >= 0.6 is 0 Å². The number of rotatable bonds is 5. The van der Waals surface area contributed by atoms with Crippen molar-refractivity contribution in [1.29, 1.82) is 0 Å². The zero-order chi connectivity index (χ0) is 14.5. The molecule has 4 heteroatoms. The summed E-state index contributed by atoms with van der Waals surface area (Å²) >= 11 is 0. The minimum atomic E-state index is -0.143. The molecule has 4 nitrogen and oxygen atoms in total. The van der Waals surface area contributed by atoms with Crippen molar-refractivity contribution in [1.82, 2.24) is 4.98 Å². The predicted octanol–water partition coefficient (Wildman–Crippen LogP) is 3.42. The van der Waals surface area contributed by atoms with Crippen LogP contribution in [-0.4, -0.2) is 17.9 Å². The summed E-state index contributed by atoms with van der Waals surface area (Å²) < 4.78 is 17.2. The first kappa shape index (κ1) is 13.9. The Labute approximate surface area is 124 Å². The van der Waals surface area contributed by atoms with Gasteiger partial charge in [0.15, 0.2) is 6.29 Å². The predicted molar refractivity (Wildman–Crippen MR) is 79.2 cm³/mol. The Morgan fingerprint density at radius 2 is 2.00 bits per heavy atom. The van der Waals surface area contributed by atoms with Crippen molar-refractivity contribution < 1.29 is 14.2 Å². The molecule has 3 rings (SSSR count). The van der Waals surface area contributed by atoms with E-state index in [0.717, 1.165) is 30.1 Å². The largest absolute Gasteiger partial charge is 0.489 e. The van der Waals surface area contributed by atoms with Gasteiger partial charge < -0.3 is 14.2 Å². The van der Waals surface area contributed by atoms with Gasteiger partial charge in [-0.25, -0.2) is 0 Å². The summed E-state index contributed by atoms with van der Waals surface area (Å²) in [6.45, 7) is 3.45. The highest BCUT2D eigenvalue weighted by atomic mass is 16.7. The highest BCUT2D eigenvalue weighted by molar-refractivity contribution is 5.33. The van der Waals surface area contributed by atoms with E-state index in [1.807, 2.05) is 36.4 Å². The van der Waals surface area contributed by atoms with E-state index < -0.39 is 0 Å². The standard InChI is InChI=1S/C17H19NO3/c1-13-9-17(20-11-13)21-16-4-2-3-15(10-16)19-12-14-5-7-18-8-6-14/h2-8,10,13,17H,9,11-12H2,1H3/t13-,17?/m1/s1. The van der Waals surface area contributed by atoms with Gasteiger partial charge in [0.2, 0.25) is 0 Å². The molecule has 0 saturated carbocycles. The molecule has 2 atom stereocenters. The van der Waals surface area contributed by atoms with Crippen LogP contribution in [0.1, 0.15) is 18.9 Å². The molecular weight excluding hydrogens is 266 g/mol. The fraction of sp³-hybridized carbons (Fsp3) is 0.353. The first-order valence-corrected chi connectivity index (χ1v) is 7.19. The van der Waals surface area contributed by atoms with Gasteiger partial charge >= 0.3 is 0 Å². The van der Waals surface area contributed by atoms with E-state index in [-0.39, 0.29) is 6.29 Å². The number of benzene rings is 1. The maximum Gasteiger partial charge on any atom is 0.200 e. The second-order valence-electron chi connectivity index (χ2n) is 5.34. The van der Waals surface area contributed by atoms with Crippen molar-refractivity contribution in [2.24, 2.45) is 5.92 Å². The van der Waals surface area contributed by atoms with E-state index in [4.69, 9.17) is 14.2 Å². The topological polar surface area (TPSA) is 40.6 Å². The minimum Gasteiger partial charge on any atom is -0.489 e. The Balaban J connectivity index is 1.58. The molecule has 21 heavy (non-hydrogen) atoms. The molecule has 1 aliphatic heterocycles. The smallest absolute Gasteiger partial charge is 0.200 e. The van der Waals surface area contributed by atoms with Gasteiger partial charge in [0.05, 0.1) is 6.61 Å². The molecule has 2 aromatic rings. The van der Waals surface area contributed by atoms with Crippen LogP contribution in [0.4, 0.5) is 0 Å². The molecule has 1 aromatic heterocycles. The van der Waals surface area contributed by atoms with Gasteiger partial charge in [-0.05, 0) is 35.7 Å². The van der Waals surface area contributed by atoms with E-state index in [2.05, 4.69) is 11.9 Å². The highest BCUT2D eigenvalue weighted by Crippen LogP contribution is 2.25. The molecule has 1 fully saturated rings. The van der Waals surface area contributed by atoms with Crippen LogP contribution in [0.2, 0.25) is 0 Å². The van der Waals surface area contributed by atoms with Crippen LogP contribution in [0.3, 0.4) is 0 Å². The van der Waals surface area contributed by atoms with Crippen molar-refractivity contribution >= 4 is 0 Å². The Bertz CT molecular complexity index is 573. The Kier molecular flexibility index (Phi) is 4.36. The molecule has 0 aliphatic carbocycles. The summed E-state index contributed by atoms with van der Waals surface area (Å²) in [6, 6.07) is 11.5. The SMILES string of the molecule is C[C@H]1COC(Oc2cccc(OCc3ccncc3)c2)C1. The van der Waals surface area contributed by atoms with Crippen LogP contribution in [0, 0.1) is 5.92 Å².